The zero-order valence-electron chi connectivity index (χ0n) is 12.9. The van der Waals surface area contributed by atoms with E-state index in [1.165, 1.54) is 11.3 Å². The van der Waals surface area contributed by atoms with E-state index in [2.05, 4.69) is 41.4 Å². The van der Waals surface area contributed by atoms with Gasteiger partial charge in [-0.15, -0.1) is 26.6 Å². The van der Waals surface area contributed by atoms with Crippen molar-refractivity contribution in [3.63, 3.8) is 0 Å². The van der Waals surface area contributed by atoms with Gasteiger partial charge in [0.15, 0.2) is 11.5 Å². The van der Waals surface area contributed by atoms with Gasteiger partial charge in [0.05, 0.1) is 4.88 Å². The van der Waals surface area contributed by atoms with Gasteiger partial charge in [0.1, 0.15) is 5.82 Å². The normalized spacial score (nSPS) is 14.8. The number of aryl methyl sites for hydroxylation is 1. The van der Waals surface area contributed by atoms with Gasteiger partial charge in [-0.05, 0) is 41.1 Å². The van der Waals surface area contributed by atoms with Crippen LogP contribution in [-0.4, -0.2) is 45.4 Å². The molecular formula is C15H15BrN6OS. The van der Waals surface area contributed by atoms with Gasteiger partial charge >= 0.3 is 0 Å². The van der Waals surface area contributed by atoms with Crippen molar-refractivity contribution < 1.29 is 4.79 Å². The van der Waals surface area contributed by atoms with Gasteiger partial charge in [0.25, 0.3) is 5.91 Å². The molecule has 1 aliphatic rings. The summed E-state index contributed by atoms with van der Waals surface area (Å²) in [6.07, 6.45) is 0. The van der Waals surface area contributed by atoms with Gasteiger partial charge in [0.2, 0.25) is 0 Å². The Kier molecular flexibility index (Phi) is 3.97. The summed E-state index contributed by atoms with van der Waals surface area (Å²) in [6, 6.07) is 5.72. The van der Waals surface area contributed by atoms with Crippen molar-refractivity contribution in [3.05, 3.63) is 38.8 Å². The average Bonchev–Trinajstić information content (AvgIpc) is 3.12. The minimum Gasteiger partial charge on any atom is -0.354 e. The summed E-state index contributed by atoms with van der Waals surface area (Å²) in [5.41, 5.74) is 0.752. The molecule has 124 valence electrons. The summed E-state index contributed by atoms with van der Waals surface area (Å²) >= 11 is 4.81. The number of fused-ring (bicyclic) bond motifs is 1. The molecule has 1 N–H and O–H groups in total. The number of carbonyl (C=O) groups is 1. The molecule has 0 aliphatic carbocycles. The molecule has 0 atom stereocenters. The van der Waals surface area contributed by atoms with Crippen molar-refractivity contribution in [1.29, 1.82) is 0 Å². The molecule has 0 saturated carbocycles. The van der Waals surface area contributed by atoms with Crippen LogP contribution in [0.3, 0.4) is 0 Å². The number of nitrogens with one attached hydrogen (secondary N) is 1. The molecule has 1 saturated heterocycles. The highest BCUT2D eigenvalue weighted by atomic mass is 79.9. The number of aromatic nitrogens is 4. The number of nitrogens with zero attached hydrogens (tertiary/aromatic N) is 5. The van der Waals surface area contributed by atoms with Crippen LogP contribution in [-0.2, 0) is 0 Å². The molecule has 3 aromatic rings. The van der Waals surface area contributed by atoms with Gasteiger partial charge in [-0.2, -0.15) is 4.52 Å². The maximum Gasteiger partial charge on any atom is 0.261 e. The zero-order valence-corrected chi connectivity index (χ0v) is 15.3. The first-order valence-corrected chi connectivity index (χ1v) is 9.23. The fraction of sp³-hybridized carbons (Fsp3) is 0.333. The molecule has 1 fully saturated rings. The number of thiophene rings is 1. The Labute approximate surface area is 150 Å². The van der Waals surface area contributed by atoms with Gasteiger partial charge in [-0.1, -0.05) is 0 Å². The molecule has 7 nitrogen and oxygen atoms in total. The van der Waals surface area contributed by atoms with Crippen molar-refractivity contribution in [3.8, 4) is 0 Å². The molecule has 9 heteroatoms. The number of carbonyl (C=O) groups excluding carboxylic acids is 1. The summed E-state index contributed by atoms with van der Waals surface area (Å²) in [7, 11) is 0. The summed E-state index contributed by atoms with van der Waals surface area (Å²) in [6.45, 7) is 4.33. The summed E-state index contributed by atoms with van der Waals surface area (Å²) in [5.74, 6) is 2.12. The van der Waals surface area contributed by atoms with Crippen LogP contribution in [0.5, 0.6) is 0 Å². The Morgan fingerprint density at radius 1 is 1.42 bits per heavy atom. The fourth-order valence-corrected chi connectivity index (χ4v) is 4.04. The van der Waals surface area contributed by atoms with Crippen LogP contribution >= 0.6 is 27.3 Å². The predicted molar refractivity (Wildman–Crippen MR) is 95.6 cm³/mol. The van der Waals surface area contributed by atoms with Gasteiger partial charge in [-0.3, -0.25) is 4.79 Å². The first-order chi connectivity index (χ1) is 11.6. The standard InChI is InChI=1S/C15H15BrN6OS/c1-9-18-19-13-2-3-14(20-22(9)13)21-6-10(7-21)5-17-15(23)12-4-11(16)8-24-12/h2-4,8,10H,5-7H2,1H3,(H,17,23). The molecule has 0 spiro atoms. The predicted octanol–water partition coefficient (Wildman–Crippen LogP) is 2.12. The Balaban J connectivity index is 1.32. The van der Waals surface area contributed by atoms with Crippen molar-refractivity contribution in [2.75, 3.05) is 24.5 Å². The third-order valence-electron chi connectivity index (χ3n) is 4.03. The van der Waals surface area contributed by atoms with Gasteiger partial charge in [0, 0.05) is 35.4 Å². The minimum absolute atomic E-state index is 0.0104. The van der Waals surface area contributed by atoms with E-state index in [0.717, 1.165) is 39.7 Å². The lowest BCUT2D eigenvalue weighted by molar-refractivity contribution is 0.0948. The SMILES string of the molecule is Cc1nnc2ccc(N3CC(CNC(=O)c4cc(Br)cs4)C3)nn12. The Morgan fingerprint density at radius 2 is 2.25 bits per heavy atom. The first kappa shape index (κ1) is 15.5. The highest BCUT2D eigenvalue weighted by Gasteiger charge is 2.28. The lowest BCUT2D eigenvalue weighted by Gasteiger charge is -2.40. The minimum atomic E-state index is -0.0104. The van der Waals surface area contributed by atoms with Crippen LogP contribution in [0, 0.1) is 12.8 Å². The van der Waals surface area contributed by atoms with E-state index in [9.17, 15) is 4.79 Å². The van der Waals surface area contributed by atoms with Crippen LogP contribution < -0.4 is 10.2 Å². The molecule has 4 heterocycles. The molecule has 1 amide bonds. The molecule has 24 heavy (non-hydrogen) atoms. The summed E-state index contributed by atoms with van der Waals surface area (Å²) in [5, 5.41) is 17.5. The van der Waals surface area contributed by atoms with Crippen LogP contribution in [0.2, 0.25) is 0 Å². The largest absolute Gasteiger partial charge is 0.354 e. The number of hydrogen-bond acceptors (Lipinski definition) is 6. The highest BCUT2D eigenvalue weighted by Crippen LogP contribution is 2.23. The van der Waals surface area contributed by atoms with Crippen molar-refractivity contribution in [2.45, 2.75) is 6.92 Å². The van der Waals surface area contributed by atoms with E-state index in [1.807, 2.05) is 30.5 Å². The topological polar surface area (TPSA) is 75.4 Å². The van der Waals surface area contributed by atoms with Crippen molar-refractivity contribution in [1.82, 2.24) is 25.1 Å². The lowest BCUT2D eigenvalue weighted by atomic mass is 10.0. The van der Waals surface area contributed by atoms with E-state index < -0.39 is 0 Å². The monoisotopic (exact) mass is 406 g/mol. The number of anilines is 1. The molecule has 4 rings (SSSR count). The quantitative estimate of drug-likeness (QED) is 0.717. The Hall–Kier alpha value is -2.00. The maximum absolute atomic E-state index is 12.0. The molecule has 1 aliphatic heterocycles. The molecule has 0 unspecified atom stereocenters. The third-order valence-corrected chi connectivity index (χ3v) is 5.72. The van der Waals surface area contributed by atoms with E-state index in [1.54, 1.807) is 4.52 Å². The molecular weight excluding hydrogens is 392 g/mol. The smallest absolute Gasteiger partial charge is 0.261 e. The summed E-state index contributed by atoms with van der Waals surface area (Å²) in [4.78, 5) is 15.0. The first-order valence-electron chi connectivity index (χ1n) is 7.56. The van der Waals surface area contributed by atoms with E-state index in [4.69, 9.17) is 0 Å². The van der Waals surface area contributed by atoms with Gasteiger partial charge in [-0.25, -0.2) is 0 Å². The van der Waals surface area contributed by atoms with Crippen molar-refractivity contribution >= 4 is 44.6 Å². The molecule has 0 aromatic carbocycles. The second-order valence-electron chi connectivity index (χ2n) is 5.82. The third kappa shape index (κ3) is 2.89. The second-order valence-corrected chi connectivity index (χ2v) is 7.65. The van der Waals surface area contributed by atoms with Gasteiger partial charge < -0.3 is 10.2 Å². The molecule has 0 bridgehead atoms. The Bertz CT molecular complexity index is 900. The molecule has 3 aromatic heterocycles. The number of amides is 1. The van der Waals surface area contributed by atoms with E-state index in [0.29, 0.717) is 12.5 Å². The molecule has 0 radical (unpaired) electrons. The van der Waals surface area contributed by atoms with Crippen LogP contribution in [0.25, 0.3) is 5.65 Å². The lowest BCUT2D eigenvalue weighted by Crippen LogP contribution is -2.52. The van der Waals surface area contributed by atoms with Crippen molar-refractivity contribution in [2.24, 2.45) is 5.92 Å². The average molecular weight is 407 g/mol. The second kappa shape index (κ2) is 6.14. The van der Waals surface area contributed by atoms with E-state index >= 15 is 0 Å². The van der Waals surface area contributed by atoms with Crippen LogP contribution in [0.1, 0.15) is 15.5 Å². The number of halogens is 1. The van der Waals surface area contributed by atoms with Crippen LogP contribution in [0.15, 0.2) is 28.1 Å². The van der Waals surface area contributed by atoms with E-state index in [-0.39, 0.29) is 5.91 Å². The Morgan fingerprint density at radius 3 is 3.00 bits per heavy atom. The summed E-state index contributed by atoms with van der Waals surface area (Å²) < 4.78 is 2.69. The fourth-order valence-electron chi connectivity index (χ4n) is 2.70. The maximum atomic E-state index is 12.0. The number of rotatable bonds is 4. The van der Waals surface area contributed by atoms with Crippen LogP contribution in [0.4, 0.5) is 5.82 Å². The zero-order chi connectivity index (χ0) is 16.7. The highest BCUT2D eigenvalue weighted by molar-refractivity contribution is 9.10. The number of hydrogen-bond donors (Lipinski definition) is 1.